The molecule has 0 aliphatic carbocycles. The molecular formula is C17H27N3O2. The first-order valence-corrected chi connectivity index (χ1v) is 8.32. The summed E-state index contributed by atoms with van der Waals surface area (Å²) in [5.41, 5.74) is 1.61. The predicted molar refractivity (Wildman–Crippen MR) is 85.5 cm³/mol. The van der Waals surface area contributed by atoms with Crippen LogP contribution in [0.15, 0.2) is 24.5 Å². The zero-order valence-corrected chi connectivity index (χ0v) is 13.3. The van der Waals surface area contributed by atoms with Gasteiger partial charge in [0.25, 0.3) is 0 Å². The first-order chi connectivity index (χ1) is 10.8. The maximum absolute atomic E-state index is 9.09. The Labute approximate surface area is 132 Å². The van der Waals surface area contributed by atoms with Gasteiger partial charge in [-0.15, -0.1) is 0 Å². The summed E-state index contributed by atoms with van der Waals surface area (Å²) in [5.74, 6) is 0. The molecule has 2 fully saturated rings. The number of aromatic nitrogens is 1. The third kappa shape index (κ3) is 4.04. The largest absolute Gasteiger partial charge is 0.395 e. The summed E-state index contributed by atoms with van der Waals surface area (Å²) >= 11 is 0. The number of ether oxygens (including phenoxy) is 1. The lowest BCUT2D eigenvalue weighted by molar-refractivity contribution is 0.0110. The Morgan fingerprint density at radius 1 is 1.14 bits per heavy atom. The number of piperidine rings is 1. The standard InChI is InChI=1S/C17H27N3O2/c21-11-9-19-7-3-17(4-8-19)14-20(10-12-22-15-17)13-16-1-5-18-6-2-16/h1-2,5-6,21H,3-4,7-15H2. The van der Waals surface area contributed by atoms with E-state index in [2.05, 4.69) is 26.9 Å². The SMILES string of the molecule is OCCN1CCC2(CC1)COCCN(Cc1ccncc1)C2. The maximum atomic E-state index is 9.09. The monoisotopic (exact) mass is 305 g/mol. The van der Waals surface area contributed by atoms with E-state index in [9.17, 15) is 0 Å². The average Bonchev–Trinajstić information content (AvgIpc) is 2.74. The molecule has 1 aromatic rings. The van der Waals surface area contributed by atoms with Gasteiger partial charge in [-0.05, 0) is 43.6 Å². The van der Waals surface area contributed by atoms with E-state index >= 15 is 0 Å². The van der Waals surface area contributed by atoms with Crippen LogP contribution >= 0.6 is 0 Å². The summed E-state index contributed by atoms with van der Waals surface area (Å²) in [6.45, 7) is 8.02. The summed E-state index contributed by atoms with van der Waals surface area (Å²) in [5, 5.41) is 9.09. The number of hydrogen-bond donors (Lipinski definition) is 1. The molecule has 0 aromatic carbocycles. The van der Waals surface area contributed by atoms with Gasteiger partial charge in [0.1, 0.15) is 0 Å². The molecule has 0 radical (unpaired) electrons. The molecule has 1 aromatic heterocycles. The lowest BCUT2D eigenvalue weighted by Crippen LogP contribution is -2.47. The van der Waals surface area contributed by atoms with Crippen LogP contribution in [0.2, 0.25) is 0 Å². The van der Waals surface area contributed by atoms with Crippen molar-refractivity contribution in [1.82, 2.24) is 14.8 Å². The van der Waals surface area contributed by atoms with Gasteiger partial charge in [0, 0.05) is 44.0 Å². The number of rotatable bonds is 4. The summed E-state index contributed by atoms with van der Waals surface area (Å²) in [6, 6.07) is 4.20. The van der Waals surface area contributed by atoms with E-state index in [0.29, 0.717) is 0 Å². The normalized spacial score (nSPS) is 23.5. The number of nitrogens with zero attached hydrogens (tertiary/aromatic N) is 3. The number of likely N-dealkylation sites (tertiary alicyclic amines) is 1. The molecule has 22 heavy (non-hydrogen) atoms. The van der Waals surface area contributed by atoms with Gasteiger partial charge in [0.2, 0.25) is 0 Å². The van der Waals surface area contributed by atoms with E-state index in [1.165, 1.54) is 18.4 Å². The Morgan fingerprint density at radius 2 is 1.91 bits per heavy atom. The van der Waals surface area contributed by atoms with E-state index in [1.807, 2.05) is 12.4 Å². The van der Waals surface area contributed by atoms with Gasteiger partial charge in [-0.3, -0.25) is 9.88 Å². The second kappa shape index (κ2) is 7.51. The predicted octanol–water partition coefficient (Wildman–Crippen LogP) is 0.988. The molecule has 0 amide bonds. The zero-order valence-electron chi connectivity index (χ0n) is 13.3. The highest BCUT2D eigenvalue weighted by molar-refractivity contribution is 5.09. The molecule has 122 valence electrons. The molecule has 3 heterocycles. The lowest BCUT2D eigenvalue weighted by atomic mass is 9.78. The van der Waals surface area contributed by atoms with E-state index in [4.69, 9.17) is 9.84 Å². The number of hydrogen-bond acceptors (Lipinski definition) is 5. The van der Waals surface area contributed by atoms with Gasteiger partial charge in [-0.1, -0.05) is 0 Å². The maximum Gasteiger partial charge on any atom is 0.0593 e. The Bertz CT molecular complexity index is 446. The van der Waals surface area contributed by atoms with Gasteiger partial charge in [0.15, 0.2) is 0 Å². The van der Waals surface area contributed by atoms with Crippen LogP contribution in [-0.4, -0.2) is 72.4 Å². The van der Waals surface area contributed by atoms with Crippen molar-refractivity contribution in [2.45, 2.75) is 19.4 Å². The van der Waals surface area contributed by atoms with E-state index in [-0.39, 0.29) is 12.0 Å². The number of aliphatic hydroxyl groups excluding tert-OH is 1. The van der Waals surface area contributed by atoms with Crippen molar-refractivity contribution in [3.8, 4) is 0 Å². The minimum Gasteiger partial charge on any atom is -0.395 e. The fourth-order valence-electron chi connectivity index (χ4n) is 3.66. The number of aliphatic hydroxyl groups is 1. The lowest BCUT2D eigenvalue weighted by Gasteiger charge is -2.42. The molecule has 0 atom stereocenters. The van der Waals surface area contributed by atoms with Crippen LogP contribution in [0, 0.1) is 5.41 Å². The molecule has 1 spiro atoms. The van der Waals surface area contributed by atoms with Gasteiger partial charge in [0.05, 0.1) is 19.8 Å². The zero-order chi connectivity index (χ0) is 15.3. The van der Waals surface area contributed by atoms with E-state index < -0.39 is 0 Å². The Hall–Kier alpha value is -1.01. The molecule has 2 aliphatic rings. The molecule has 0 saturated carbocycles. The summed E-state index contributed by atoms with van der Waals surface area (Å²) in [4.78, 5) is 8.99. The van der Waals surface area contributed by atoms with Crippen LogP contribution in [0.1, 0.15) is 18.4 Å². The van der Waals surface area contributed by atoms with Crippen molar-refractivity contribution in [2.24, 2.45) is 5.41 Å². The highest BCUT2D eigenvalue weighted by Crippen LogP contribution is 2.34. The molecule has 5 nitrogen and oxygen atoms in total. The highest BCUT2D eigenvalue weighted by atomic mass is 16.5. The van der Waals surface area contributed by atoms with Crippen molar-refractivity contribution in [1.29, 1.82) is 0 Å². The van der Waals surface area contributed by atoms with Gasteiger partial charge >= 0.3 is 0 Å². The fraction of sp³-hybridized carbons (Fsp3) is 0.706. The summed E-state index contributed by atoms with van der Waals surface area (Å²) in [6.07, 6.45) is 6.07. The molecule has 0 unspecified atom stereocenters. The average molecular weight is 305 g/mol. The quantitative estimate of drug-likeness (QED) is 0.899. The second-order valence-electron chi connectivity index (χ2n) is 6.68. The van der Waals surface area contributed by atoms with Crippen LogP contribution in [0.3, 0.4) is 0 Å². The van der Waals surface area contributed by atoms with Crippen molar-refractivity contribution in [3.05, 3.63) is 30.1 Å². The molecule has 2 aliphatic heterocycles. The van der Waals surface area contributed by atoms with Crippen molar-refractivity contribution < 1.29 is 9.84 Å². The third-order valence-electron chi connectivity index (χ3n) is 5.01. The van der Waals surface area contributed by atoms with Crippen LogP contribution in [0.4, 0.5) is 0 Å². The Morgan fingerprint density at radius 3 is 2.64 bits per heavy atom. The van der Waals surface area contributed by atoms with Crippen LogP contribution < -0.4 is 0 Å². The fourth-order valence-corrected chi connectivity index (χ4v) is 3.66. The molecule has 5 heteroatoms. The van der Waals surface area contributed by atoms with Crippen molar-refractivity contribution in [2.75, 3.05) is 52.5 Å². The first kappa shape index (κ1) is 15.9. The molecule has 2 saturated heterocycles. The van der Waals surface area contributed by atoms with Crippen molar-refractivity contribution in [3.63, 3.8) is 0 Å². The van der Waals surface area contributed by atoms with Crippen LogP contribution in [0.25, 0.3) is 0 Å². The smallest absolute Gasteiger partial charge is 0.0593 e. The van der Waals surface area contributed by atoms with Gasteiger partial charge in [-0.2, -0.15) is 0 Å². The highest BCUT2D eigenvalue weighted by Gasteiger charge is 2.37. The Balaban J connectivity index is 1.60. The Kier molecular flexibility index (Phi) is 5.41. The number of pyridine rings is 1. The van der Waals surface area contributed by atoms with Gasteiger partial charge < -0.3 is 14.7 Å². The molecular weight excluding hydrogens is 278 g/mol. The van der Waals surface area contributed by atoms with E-state index in [0.717, 1.165) is 52.5 Å². The van der Waals surface area contributed by atoms with Crippen molar-refractivity contribution >= 4 is 0 Å². The topological polar surface area (TPSA) is 48.8 Å². The summed E-state index contributed by atoms with van der Waals surface area (Å²) < 4.78 is 5.93. The molecule has 0 bridgehead atoms. The second-order valence-corrected chi connectivity index (χ2v) is 6.68. The number of β-amino-alcohol motifs (C(OH)–C–C–N with tert-alkyl or cyclic N) is 1. The molecule has 1 N–H and O–H groups in total. The minimum atomic E-state index is 0.262. The van der Waals surface area contributed by atoms with Crippen LogP contribution in [-0.2, 0) is 11.3 Å². The molecule has 3 rings (SSSR count). The van der Waals surface area contributed by atoms with E-state index in [1.54, 1.807) is 0 Å². The summed E-state index contributed by atoms with van der Waals surface area (Å²) in [7, 11) is 0. The van der Waals surface area contributed by atoms with Gasteiger partial charge in [-0.25, -0.2) is 0 Å². The minimum absolute atomic E-state index is 0.262. The third-order valence-corrected chi connectivity index (χ3v) is 5.01. The van der Waals surface area contributed by atoms with Crippen LogP contribution in [0.5, 0.6) is 0 Å². The first-order valence-electron chi connectivity index (χ1n) is 8.32.